The largest absolute Gasteiger partial charge is 0.332 e. The van der Waals surface area contributed by atoms with Gasteiger partial charge in [0.15, 0.2) is 0 Å². The lowest BCUT2D eigenvalue weighted by Crippen LogP contribution is -2.51. The van der Waals surface area contributed by atoms with E-state index in [9.17, 15) is 13.2 Å². The van der Waals surface area contributed by atoms with Crippen molar-refractivity contribution in [3.63, 3.8) is 0 Å². The summed E-state index contributed by atoms with van der Waals surface area (Å²) in [6, 6.07) is 9.82. The molecule has 6 nitrogen and oxygen atoms in total. The highest BCUT2D eigenvalue weighted by Crippen LogP contribution is 2.25. The van der Waals surface area contributed by atoms with E-state index in [4.69, 9.17) is 0 Å². The molecule has 1 aromatic rings. The van der Waals surface area contributed by atoms with Gasteiger partial charge in [-0.2, -0.15) is 4.31 Å². The van der Waals surface area contributed by atoms with Crippen molar-refractivity contribution in [2.45, 2.75) is 6.04 Å². The van der Waals surface area contributed by atoms with Gasteiger partial charge in [0, 0.05) is 26.7 Å². The molecule has 1 fully saturated rings. The minimum absolute atomic E-state index is 0.0413. The lowest BCUT2D eigenvalue weighted by molar-refractivity contribution is -0.136. The molecular formula is C15H23N3O3S. The highest BCUT2D eigenvalue weighted by Gasteiger charge is 2.31. The van der Waals surface area contributed by atoms with Crippen LogP contribution in [0.4, 0.5) is 0 Å². The molecule has 0 unspecified atom stereocenters. The van der Waals surface area contributed by atoms with Crippen LogP contribution in [-0.2, 0) is 14.8 Å². The number of benzene rings is 1. The molecule has 22 heavy (non-hydrogen) atoms. The maximum absolute atomic E-state index is 12.5. The maximum atomic E-state index is 12.5. The molecule has 1 atom stereocenters. The van der Waals surface area contributed by atoms with Crippen molar-refractivity contribution in [2.24, 2.45) is 0 Å². The zero-order valence-corrected chi connectivity index (χ0v) is 14.1. The fourth-order valence-corrected chi connectivity index (χ4v) is 2.92. The van der Waals surface area contributed by atoms with Gasteiger partial charge in [0.2, 0.25) is 15.9 Å². The smallest absolute Gasteiger partial charge is 0.238 e. The summed E-state index contributed by atoms with van der Waals surface area (Å²) >= 11 is 0. The van der Waals surface area contributed by atoms with Crippen LogP contribution in [0.1, 0.15) is 11.6 Å². The first-order valence-electron chi connectivity index (χ1n) is 7.23. The predicted molar refractivity (Wildman–Crippen MR) is 85.9 cm³/mol. The molecule has 1 saturated heterocycles. The number of piperazine rings is 1. The van der Waals surface area contributed by atoms with Crippen LogP contribution in [0.25, 0.3) is 0 Å². The van der Waals surface area contributed by atoms with Crippen LogP contribution in [0, 0.1) is 0 Å². The van der Waals surface area contributed by atoms with Gasteiger partial charge < -0.3 is 9.80 Å². The number of likely N-dealkylation sites (N-methyl/N-ethyl adjacent to an activating group) is 2. The zero-order chi connectivity index (χ0) is 16.3. The average Bonchev–Trinajstić information content (AvgIpc) is 2.47. The fraction of sp³-hybridized carbons (Fsp3) is 0.533. The molecule has 7 heteroatoms. The first-order valence-corrected chi connectivity index (χ1v) is 9.08. The van der Waals surface area contributed by atoms with E-state index in [-0.39, 0.29) is 18.5 Å². The predicted octanol–water partition coefficient (Wildman–Crippen LogP) is 0.393. The molecule has 1 aromatic carbocycles. The van der Waals surface area contributed by atoms with Gasteiger partial charge in [-0.05, 0) is 12.6 Å². The van der Waals surface area contributed by atoms with E-state index in [0.717, 1.165) is 29.2 Å². The normalized spacial score (nSPS) is 20.4. The first kappa shape index (κ1) is 16.9. The number of carbonyl (C=O) groups is 1. The molecule has 0 bridgehead atoms. The number of amides is 1. The van der Waals surface area contributed by atoms with Gasteiger partial charge in [0.25, 0.3) is 0 Å². The van der Waals surface area contributed by atoms with E-state index < -0.39 is 10.0 Å². The minimum atomic E-state index is -3.35. The average molecular weight is 325 g/mol. The summed E-state index contributed by atoms with van der Waals surface area (Å²) < 4.78 is 24.1. The third kappa shape index (κ3) is 4.06. The summed E-state index contributed by atoms with van der Waals surface area (Å²) in [6.45, 7) is 2.02. The van der Waals surface area contributed by atoms with Gasteiger partial charge in [-0.3, -0.25) is 4.79 Å². The Kier molecular flexibility index (Phi) is 5.20. The molecule has 1 amide bonds. The monoisotopic (exact) mass is 325 g/mol. The minimum Gasteiger partial charge on any atom is -0.332 e. The second kappa shape index (κ2) is 6.76. The topological polar surface area (TPSA) is 60.9 Å². The molecule has 0 aromatic heterocycles. The summed E-state index contributed by atoms with van der Waals surface area (Å²) in [5.74, 6) is -0.158. The molecule has 122 valence electrons. The van der Waals surface area contributed by atoms with E-state index >= 15 is 0 Å². The molecule has 2 rings (SSSR count). The second-order valence-corrected chi connectivity index (χ2v) is 7.88. The van der Waals surface area contributed by atoms with Gasteiger partial charge >= 0.3 is 0 Å². The van der Waals surface area contributed by atoms with Crippen LogP contribution in [0.2, 0.25) is 0 Å². The van der Waals surface area contributed by atoms with Crippen LogP contribution in [-0.4, -0.2) is 75.0 Å². The summed E-state index contributed by atoms with van der Waals surface area (Å²) in [4.78, 5) is 16.5. The molecule has 0 spiro atoms. The zero-order valence-electron chi connectivity index (χ0n) is 13.3. The van der Waals surface area contributed by atoms with E-state index in [2.05, 4.69) is 4.90 Å². The Balaban J connectivity index is 2.18. The number of sulfonamides is 1. The van der Waals surface area contributed by atoms with E-state index in [1.807, 2.05) is 37.4 Å². The molecule has 1 aliphatic heterocycles. The molecule has 1 aliphatic rings. The Morgan fingerprint density at radius 3 is 2.50 bits per heavy atom. The Hall–Kier alpha value is -1.44. The molecule has 0 aliphatic carbocycles. The Bertz CT molecular complexity index is 618. The van der Waals surface area contributed by atoms with Gasteiger partial charge in [0.05, 0.1) is 18.8 Å². The SMILES string of the molecule is CN1CCN(C(=O)CN(C)S(C)(=O)=O)[C@@H](c2ccccc2)C1. The molecule has 0 saturated carbocycles. The number of carbonyl (C=O) groups excluding carboxylic acids is 1. The third-order valence-electron chi connectivity index (χ3n) is 4.01. The Morgan fingerprint density at radius 2 is 1.91 bits per heavy atom. The Labute approximate surface area is 132 Å². The quantitative estimate of drug-likeness (QED) is 0.804. The summed E-state index contributed by atoms with van der Waals surface area (Å²) in [5, 5.41) is 0. The van der Waals surface area contributed by atoms with Crippen molar-refractivity contribution in [1.29, 1.82) is 0 Å². The third-order valence-corrected chi connectivity index (χ3v) is 5.27. The highest BCUT2D eigenvalue weighted by atomic mass is 32.2. The molecule has 0 radical (unpaired) electrons. The van der Waals surface area contributed by atoms with Crippen molar-refractivity contribution < 1.29 is 13.2 Å². The molecular weight excluding hydrogens is 302 g/mol. The van der Waals surface area contributed by atoms with E-state index in [1.165, 1.54) is 7.05 Å². The lowest BCUT2D eigenvalue weighted by Gasteiger charge is -2.40. The molecule has 1 heterocycles. The standard InChI is InChI=1S/C15H23N3O3S/c1-16-9-10-18(15(19)12-17(2)22(3,20)21)14(11-16)13-7-5-4-6-8-13/h4-8,14H,9-12H2,1-3H3/t14-/m1/s1. The van der Waals surface area contributed by atoms with Crippen molar-refractivity contribution in [2.75, 3.05) is 46.5 Å². The fourth-order valence-electron chi connectivity index (χ4n) is 2.58. The number of hydrogen-bond acceptors (Lipinski definition) is 4. The van der Waals surface area contributed by atoms with E-state index in [1.54, 1.807) is 4.90 Å². The second-order valence-electron chi connectivity index (χ2n) is 5.79. The van der Waals surface area contributed by atoms with Crippen molar-refractivity contribution in [1.82, 2.24) is 14.1 Å². The summed E-state index contributed by atoms with van der Waals surface area (Å²) in [5.41, 5.74) is 1.07. The number of nitrogens with zero attached hydrogens (tertiary/aromatic N) is 3. The number of rotatable bonds is 4. The Morgan fingerprint density at radius 1 is 1.27 bits per heavy atom. The lowest BCUT2D eigenvalue weighted by atomic mass is 10.0. The van der Waals surface area contributed by atoms with Crippen LogP contribution >= 0.6 is 0 Å². The van der Waals surface area contributed by atoms with Crippen molar-refractivity contribution in [3.05, 3.63) is 35.9 Å². The molecule has 0 N–H and O–H groups in total. The van der Waals surface area contributed by atoms with Crippen molar-refractivity contribution >= 4 is 15.9 Å². The van der Waals surface area contributed by atoms with Gasteiger partial charge in [-0.15, -0.1) is 0 Å². The first-order chi connectivity index (χ1) is 10.3. The summed E-state index contributed by atoms with van der Waals surface area (Å²) in [6.07, 6.45) is 1.11. The number of hydrogen-bond donors (Lipinski definition) is 0. The van der Waals surface area contributed by atoms with Gasteiger partial charge in [-0.25, -0.2) is 8.42 Å². The highest BCUT2D eigenvalue weighted by molar-refractivity contribution is 7.88. The van der Waals surface area contributed by atoms with E-state index in [0.29, 0.717) is 6.54 Å². The maximum Gasteiger partial charge on any atom is 0.238 e. The van der Waals surface area contributed by atoms with Crippen LogP contribution in [0.15, 0.2) is 30.3 Å². The van der Waals surface area contributed by atoms with Crippen LogP contribution in [0.5, 0.6) is 0 Å². The van der Waals surface area contributed by atoms with Gasteiger partial charge in [-0.1, -0.05) is 30.3 Å². The van der Waals surface area contributed by atoms with Crippen molar-refractivity contribution in [3.8, 4) is 0 Å². The van der Waals surface area contributed by atoms with Crippen LogP contribution in [0.3, 0.4) is 0 Å². The summed E-state index contributed by atoms with van der Waals surface area (Å²) in [7, 11) is 0.106. The van der Waals surface area contributed by atoms with Crippen LogP contribution < -0.4 is 0 Å². The van der Waals surface area contributed by atoms with Gasteiger partial charge in [0.1, 0.15) is 0 Å².